The fraction of sp³-hybridized carbons (Fsp3) is 0.143. The van der Waals surface area contributed by atoms with Gasteiger partial charge in [0, 0.05) is 5.56 Å². The Morgan fingerprint density at radius 1 is 1.07 bits per heavy atom. The molecule has 3 aromatic rings. The van der Waals surface area contributed by atoms with E-state index in [0.29, 0.717) is 0 Å². The number of furan rings is 1. The Morgan fingerprint density at radius 3 is 2.37 bits per heavy atom. The summed E-state index contributed by atoms with van der Waals surface area (Å²) in [6.45, 7) is 1.84. The van der Waals surface area contributed by atoms with E-state index in [1.165, 1.54) is 18.4 Å². The Balaban J connectivity index is 1.94. The van der Waals surface area contributed by atoms with Crippen molar-refractivity contribution in [3.8, 4) is 0 Å². The first-order valence-electron chi connectivity index (χ1n) is 8.73. The molecule has 3 rings (SSSR count). The largest absolute Gasteiger partial charge is 0.459 e. The minimum atomic E-state index is -4.60. The van der Waals surface area contributed by atoms with Gasteiger partial charge in [0.25, 0.3) is 5.91 Å². The number of carbonyl (C=O) groups excluding carboxylic acids is 2. The van der Waals surface area contributed by atoms with Crippen LogP contribution in [0.1, 0.15) is 32.0 Å². The number of hydrogen-bond donors (Lipinski definition) is 2. The van der Waals surface area contributed by atoms with Crippen molar-refractivity contribution in [2.24, 2.45) is 0 Å². The van der Waals surface area contributed by atoms with E-state index in [0.717, 1.165) is 23.8 Å². The topological polar surface area (TPSA) is 71.3 Å². The second-order valence-corrected chi connectivity index (χ2v) is 6.86. The van der Waals surface area contributed by atoms with Gasteiger partial charge in [-0.15, -0.1) is 0 Å². The third-order valence-corrected chi connectivity index (χ3v) is 4.54. The summed E-state index contributed by atoms with van der Waals surface area (Å²) in [6.07, 6.45) is -4.72. The normalized spacial score (nSPS) is 12.3. The van der Waals surface area contributed by atoms with Crippen LogP contribution >= 0.6 is 11.6 Å². The molecule has 0 bridgehead atoms. The van der Waals surface area contributed by atoms with Crippen LogP contribution in [0.4, 0.5) is 18.9 Å². The van der Waals surface area contributed by atoms with E-state index in [-0.39, 0.29) is 22.0 Å². The molecular formula is C21H16ClF3N2O3. The lowest BCUT2D eigenvalue weighted by molar-refractivity contribution is -0.137. The lowest BCUT2D eigenvalue weighted by Crippen LogP contribution is -2.46. The van der Waals surface area contributed by atoms with Gasteiger partial charge >= 0.3 is 6.18 Å². The average molecular weight is 437 g/mol. The molecule has 0 unspecified atom stereocenters. The molecule has 5 nitrogen and oxygen atoms in total. The number of benzene rings is 2. The molecule has 9 heteroatoms. The number of amides is 1. The highest BCUT2D eigenvalue weighted by Gasteiger charge is 2.32. The van der Waals surface area contributed by atoms with Gasteiger partial charge in [0.05, 0.1) is 22.5 Å². The van der Waals surface area contributed by atoms with E-state index < -0.39 is 29.6 Å². The average Bonchev–Trinajstić information content (AvgIpc) is 3.23. The zero-order chi connectivity index (χ0) is 21.9. The van der Waals surface area contributed by atoms with Gasteiger partial charge in [-0.25, -0.2) is 0 Å². The van der Waals surface area contributed by atoms with Gasteiger partial charge in [0.2, 0.25) is 5.78 Å². The Morgan fingerprint density at radius 2 is 1.77 bits per heavy atom. The molecule has 0 aliphatic rings. The Hall–Kier alpha value is -3.26. The van der Waals surface area contributed by atoms with Crippen LogP contribution in [0.25, 0.3) is 0 Å². The summed E-state index contributed by atoms with van der Waals surface area (Å²) >= 11 is 6.03. The summed E-state index contributed by atoms with van der Waals surface area (Å²) in [5.74, 6) is -1.35. The van der Waals surface area contributed by atoms with Crippen molar-refractivity contribution in [2.75, 3.05) is 5.32 Å². The molecule has 1 heterocycles. The van der Waals surface area contributed by atoms with Crippen LogP contribution in [0, 0.1) is 6.92 Å². The minimum Gasteiger partial charge on any atom is -0.459 e. The lowest BCUT2D eigenvalue weighted by atomic mass is 10.1. The Bertz CT molecular complexity index is 1050. The minimum absolute atomic E-state index is 0.0445. The number of rotatable bonds is 6. The molecule has 156 valence electrons. The first-order valence-corrected chi connectivity index (χ1v) is 9.11. The number of hydrogen-bond acceptors (Lipinski definition) is 4. The number of anilines is 1. The molecule has 0 aliphatic carbocycles. The monoisotopic (exact) mass is 436 g/mol. The quantitative estimate of drug-likeness (QED) is 0.405. The van der Waals surface area contributed by atoms with Crippen molar-refractivity contribution in [2.45, 2.75) is 19.3 Å². The first-order chi connectivity index (χ1) is 14.1. The number of Topliss-reactive ketones (excluding diaryl/α,β-unsaturated/α-hetero) is 1. The molecule has 2 N–H and O–H groups in total. The van der Waals surface area contributed by atoms with Gasteiger partial charge in [0.1, 0.15) is 0 Å². The van der Waals surface area contributed by atoms with E-state index in [1.807, 2.05) is 6.92 Å². The highest BCUT2D eigenvalue weighted by Crippen LogP contribution is 2.34. The second-order valence-electron chi connectivity index (χ2n) is 6.45. The molecule has 0 saturated carbocycles. The van der Waals surface area contributed by atoms with Crippen molar-refractivity contribution in [3.63, 3.8) is 0 Å². The number of alkyl halides is 3. The van der Waals surface area contributed by atoms with Crippen LogP contribution in [0.15, 0.2) is 65.3 Å². The third kappa shape index (κ3) is 5.01. The molecule has 30 heavy (non-hydrogen) atoms. The standard InChI is InChI=1S/C21H16ClF3N2O3/c1-12-4-6-13(7-5-12)18(28)19(27-20(29)17-3-2-10-30-17)26-16-11-14(21(23,24)25)8-9-15(16)22/h2-11,19,26H,1H3,(H,27,29)/t19-/m0/s1. The van der Waals surface area contributed by atoms with Crippen LogP contribution in [0.2, 0.25) is 5.02 Å². The van der Waals surface area contributed by atoms with Crippen molar-refractivity contribution in [1.29, 1.82) is 0 Å². The molecule has 2 aromatic carbocycles. The summed E-state index contributed by atoms with van der Waals surface area (Å²) < 4.78 is 44.2. The number of halogens is 4. The summed E-state index contributed by atoms with van der Waals surface area (Å²) in [7, 11) is 0. The maximum Gasteiger partial charge on any atom is 0.416 e. The fourth-order valence-corrected chi connectivity index (χ4v) is 2.80. The van der Waals surface area contributed by atoms with E-state index in [2.05, 4.69) is 10.6 Å². The molecule has 0 aliphatic heterocycles. The number of nitrogens with one attached hydrogen (secondary N) is 2. The highest BCUT2D eigenvalue weighted by atomic mass is 35.5. The van der Waals surface area contributed by atoms with Gasteiger partial charge in [-0.2, -0.15) is 13.2 Å². The van der Waals surface area contributed by atoms with Gasteiger partial charge < -0.3 is 15.1 Å². The van der Waals surface area contributed by atoms with Crippen molar-refractivity contribution < 1.29 is 27.2 Å². The maximum atomic E-state index is 13.1. The SMILES string of the molecule is Cc1ccc(C(=O)[C@H](NC(=O)c2ccco2)Nc2cc(C(F)(F)F)ccc2Cl)cc1. The predicted molar refractivity (Wildman–Crippen MR) is 106 cm³/mol. The van der Waals surface area contributed by atoms with E-state index in [1.54, 1.807) is 24.3 Å². The molecule has 1 atom stereocenters. The van der Waals surface area contributed by atoms with E-state index in [4.69, 9.17) is 16.0 Å². The number of ketones is 1. The lowest BCUT2D eigenvalue weighted by Gasteiger charge is -2.21. The molecule has 1 aromatic heterocycles. The van der Waals surface area contributed by atoms with Gasteiger partial charge in [-0.1, -0.05) is 41.4 Å². The van der Waals surface area contributed by atoms with E-state index in [9.17, 15) is 22.8 Å². The first kappa shape index (κ1) is 21.4. The Kier molecular flexibility index (Phi) is 6.17. The zero-order valence-corrected chi connectivity index (χ0v) is 16.3. The molecular weight excluding hydrogens is 421 g/mol. The Labute approximate surface area is 174 Å². The zero-order valence-electron chi connectivity index (χ0n) is 15.6. The second kappa shape index (κ2) is 8.62. The summed E-state index contributed by atoms with van der Waals surface area (Å²) in [6, 6.07) is 12.1. The van der Waals surface area contributed by atoms with E-state index >= 15 is 0 Å². The van der Waals surface area contributed by atoms with Crippen LogP contribution in [0.3, 0.4) is 0 Å². The molecule has 0 radical (unpaired) electrons. The van der Waals surface area contributed by atoms with Crippen LogP contribution in [0.5, 0.6) is 0 Å². The van der Waals surface area contributed by atoms with Gasteiger partial charge in [-0.3, -0.25) is 9.59 Å². The number of aryl methyl sites for hydroxylation is 1. The maximum absolute atomic E-state index is 13.1. The van der Waals surface area contributed by atoms with Gasteiger partial charge in [0.15, 0.2) is 11.9 Å². The summed E-state index contributed by atoms with van der Waals surface area (Å²) in [4.78, 5) is 25.4. The molecule has 1 amide bonds. The number of carbonyl (C=O) groups is 2. The summed E-state index contributed by atoms with van der Waals surface area (Å²) in [5, 5.41) is 5.00. The molecule has 0 saturated heterocycles. The predicted octanol–water partition coefficient (Wildman–Crippen LogP) is 5.31. The molecule has 0 fully saturated rings. The highest BCUT2D eigenvalue weighted by molar-refractivity contribution is 6.33. The van der Waals surface area contributed by atoms with Crippen LogP contribution in [-0.2, 0) is 6.18 Å². The van der Waals surface area contributed by atoms with Crippen molar-refractivity contribution >= 4 is 29.0 Å². The van der Waals surface area contributed by atoms with Crippen LogP contribution < -0.4 is 10.6 Å². The van der Waals surface area contributed by atoms with Crippen LogP contribution in [-0.4, -0.2) is 17.9 Å². The third-order valence-electron chi connectivity index (χ3n) is 4.21. The smallest absolute Gasteiger partial charge is 0.416 e. The fourth-order valence-electron chi connectivity index (χ4n) is 2.63. The summed E-state index contributed by atoms with van der Waals surface area (Å²) in [5.41, 5.74) is 0.0579. The van der Waals surface area contributed by atoms with Crippen molar-refractivity contribution in [1.82, 2.24) is 5.32 Å². The van der Waals surface area contributed by atoms with Crippen molar-refractivity contribution in [3.05, 3.63) is 88.3 Å². The van der Waals surface area contributed by atoms with Gasteiger partial charge in [-0.05, 0) is 37.3 Å². The molecule has 0 spiro atoms.